The molecule has 1 saturated heterocycles. The molecule has 2 aromatic rings. The van der Waals surface area contributed by atoms with E-state index in [0.29, 0.717) is 12.2 Å². The van der Waals surface area contributed by atoms with E-state index in [2.05, 4.69) is 25.2 Å². The fourth-order valence-corrected chi connectivity index (χ4v) is 4.61. The van der Waals surface area contributed by atoms with E-state index in [1.165, 1.54) is 11.4 Å². The molecule has 1 unspecified atom stereocenters. The minimum absolute atomic E-state index is 0.0548. The first-order valence-corrected chi connectivity index (χ1v) is 11.1. The molecule has 1 aromatic carbocycles. The molecule has 162 valence electrons. The molecule has 1 atom stereocenters. The summed E-state index contributed by atoms with van der Waals surface area (Å²) in [6.45, 7) is 3.49. The summed E-state index contributed by atoms with van der Waals surface area (Å²) in [5.74, 6) is 1.71. The van der Waals surface area contributed by atoms with Crippen LogP contribution in [0.5, 0.6) is 0 Å². The SMILES string of the molecule is Cc1ccc(N2NC(C(=O)N3CCCC3c3nnc4n3CCCCC4)=NCC2=O)cc1. The number of hydrazine groups is 1. The van der Waals surface area contributed by atoms with Crippen molar-refractivity contribution in [2.45, 2.75) is 58.0 Å². The van der Waals surface area contributed by atoms with Crippen molar-refractivity contribution in [2.75, 3.05) is 18.1 Å². The summed E-state index contributed by atoms with van der Waals surface area (Å²) in [6, 6.07) is 7.48. The minimum Gasteiger partial charge on any atom is -0.326 e. The molecule has 5 rings (SSSR count). The zero-order valence-electron chi connectivity index (χ0n) is 17.8. The molecule has 9 nitrogen and oxygen atoms in total. The maximum absolute atomic E-state index is 13.4. The fourth-order valence-electron chi connectivity index (χ4n) is 4.61. The predicted molar refractivity (Wildman–Crippen MR) is 115 cm³/mol. The number of aryl methyl sites for hydroxylation is 2. The molecular formula is C22H27N7O2. The van der Waals surface area contributed by atoms with Crippen LogP contribution in [0.2, 0.25) is 0 Å². The van der Waals surface area contributed by atoms with Gasteiger partial charge in [-0.2, -0.15) is 0 Å². The fraction of sp³-hybridized carbons (Fsp3) is 0.500. The molecule has 3 aliphatic heterocycles. The van der Waals surface area contributed by atoms with Gasteiger partial charge in [0.15, 0.2) is 5.82 Å². The number of carbonyl (C=O) groups excluding carboxylic acids is 2. The summed E-state index contributed by atoms with van der Waals surface area (Å²) in [5, 5.41) is 10.3. The number of fused-ring (bicyclic) bond motifs is 1. The number of benzene rings is 1. The van der Waals surface area contributed by atoms with E-state index in [0.717, 1.165) is 55.9 Å². The average molecular weight is 422 g/mol. The van der Waals surface area contributed by atoms with E-state index in [9.17, 15) is 9.59 Å². The van der Waals surface area contributed by atoms with Crippen LogP contribution < -0.4 is 10.4 Å². The number of rotatable bonds is 3. The molecule has 0 saturated carbocycles. The van der Waals surface area contributed by atoms with Gasteiger partial charge in [-0.05, 0) is 44.7 Å². The Hall–Kier alpha value is -3.23. The molecule has 1 aromatic heterocycles. The van der Waals surface area contributed by atoms with Gasteiger partial charge in [-0.15, -0.1) is 10.2 Å². The van der Waals surface area contributed by atoms with Crippen LogP contribution in [0.4, 0.5) is 5.69 Å². The van der Waals surface area contributed by atoms with Crippen LogP contribution >= 0.6 is 0 Å². The lowest BCUT2D eigenvalue weighted by atomic mass is 10.2. The summed E-state index contributed by atoms with van der Waals surface area (Å²) in [4.78, 5) is 31.9. The number of aliphatic imine (C=N–C) groups is 1. The van der Waals surface area contributed by atoms with Gasteiger partial charge in [-0.3, -0.25) is 20.0 Å². The Bertz CT molecular complexity index is 1030. The number of amidine groups is 1. The largest absolute Gasteiger partial charge is 0.326 e. The van der Waals surface area contributed by atoms with Gasteiger partial charge in [0.2, 0.25) is 5.84 Å². The maximum atomic E-state index is 13.4. The Morgan fingerprint density at radius 2 is 1.90 bits per heavy atom. The number of anilines is 1. The quantitative estimate of drug-likeness (QED) is 0.817. The maximum Gasteiger partial charge on any atom is 0.291 e. The first-order valence-electron chi connectivity index (χ1n) is 11.1. The van der Waals surface area contributed by atoms with E-state index >= 15 is 0 Å². The number of amides is 2. The van der Waals surface area contributed by atoms with Crippen molar-refractivity contribution in [1.82, 2.24) is 25.1 Å². The first-order chi connectivity index (χ1) is 15.1. The van der Waals surface area contributed by atoms with Crippen LogP contribution in [0.3, 0.4) is 0 Å². The second-order valence-electron chi connectivity index (χ2n) is 8.43. The Morgan fingerprint density at radius 3 is 2.74 bits per heavy atom. The van der Waals surface area contributed by atoms with Crippen molar-refractivity contribution in [3.8, 4) is 0 Å². The summed E-state index contributed by atoms with van der Waals surface area (Å²) in [6.07, 6.45) is 6.15. The monoisotopic (exact) mass is 421 g/mol. The number of hydrogen-bond acceptors (Lipinski definition) is 6. The van der Waals surface area contributed by atoms with E-state index in [-0.39, 0.29) is 30.2 Å². The summed E-state index contributed by atoms with van der Waals surface area (Å²) < 4.78 is 2.21. The average Bonchev–Trinajstić information content (AvgIpc) is 3.35. The Labute approximate surface area is 181 Å². The van der Waals surface area contributed by atoms with Gasteiger partial charge in [0.05, 0.1) is 11.7 Å². The third-order valence-electron chi connectivity index (χ3n) is 6.28. The van der Waals surface area contributed by atoms with Gasteiger partial charge in [0.25, 0.3) is 11.8 Å². The number of nitrogens with zero attached hydrogens (tertiary/aromatic N) is 6. The third-order valence-corrected chi connectivity index (χ3v) is 6.28. The summed E-state index contributed by atoms with van der Waals surface area (Å²) >= 11 is 0. The molecule has 3 aliphatic rings. The Kier molecular flexibility index (Phi) is 5.17. The lowest BCUT2D eigenvalue weighted by Gasteiger charge is -2.31. The molecule has 9 heteroatoms. The number of likely N-dealkylation sites (tertiary alicyclic amines) is 1. The lowest BCUT2D eigenvalue weighted by molar-refractivity contribution is -0.125. The van der Waals surface area contributed by atoms with E-state index < -0.39 is 0 Å². The topological polar surface area (TPSA) is 95.7 Å². The van der Waals surface area contributed by atoms with Gasteiger partial charge in [-0.1, -0.05) is 24.1 Å². The second kappa shape index (κ2) is 8.13. The highest BCUT2D eigenvalue weighted by Crippen LogP contribution is 2.32. The van der Waals surface area contributed by atoms with Crippen molar-refractivity contribution in [3.63, 3.8) is 0 Å². The Balaban J connectivity index is 1.37. The van der Waals surface area contributed by atoms with E-state index in [1.807, 2.05) is 36.1 Å². The van der Waals surface area contributed by atoms with E-state index in [1.54, 1.807) is 0 Å². The second-order valence-corrected chi connectivity index (χ2v) is 8.43. The minimum atomic E-state index is -0.196. The Morgan fingerprint density at radius 1 is 1.06 bits per heavy atom. The molecule has 0 bridgehead atoms. The first kappa shape index (κ1) is 19.7. The molecule has 0 aliphatic carbocycles. The van der Waals surface area contributed by atoms with Gasteiger partial charge in [0.1, 0.15) is 12.4 Å². The molecule has 0 spiro atoms. The number of aromatic nitrogens is 3. The van der Waals surface area contributed by atoms with Crippen molar-refractivity contribution in [1.29, 1.82) is 0 Å². The van der Waals surface area contributed by atoms with E-state index in [4.69, 9.17) is 0 Å². The number of nitrogens with one attached hydrogen (secondary N) is 1. The van der Waals surface area contributed by atoms with Crippen LogP contribution in [-0.2, 0) is 22.6 Å². The molecular weight excluding hydrogens is 394 g/mol. The van der Waals surface area contributed by atoms with Crippen molar-refractivity contribution in [2.24, 2.45) is 4.99 Å². The smallest absolute Gasteiger partial charge is 0.291 e. The van der Waals surface area contributed by atoms with Crippen LogP contribution in [0.1, 0.15) is 55.4 Å². The highest BCUT2D eigenvalue weighted by Gasteiger charge is 2.38. The number of hydrogen-bond donors (Lipinski definition) is 1. The van der Waals surface area contributed by atoms with Crippen LogP contribution in [0.15, 0.2) is 29.3 Å². The van der Waals surface area contributed by atoms with Gasteiger partial charge in [-0.25, -0.2) is 5.01 Å². The molecule has 0 radical (unpaired) electrons. The normalized spacial score (nSPS) is 21.4. The van der Waals surface area contributed by atoms with Crippen LogP contribution in [0, 0.1) is 6.92 Å². The lowest BCUT2D eigenvalue weighted by Crippen LogP contribution is -2.56. The van der Waals surface area contributed by atoms with Crippen LogP contribution in [-0.4, -0.2) is 50.4 Å². The highest BCUT2D eigenvalue weighted by molar-refractivity contribution is 6.39. The molecule has 2 amide bonds. The molecule has 1 fully saturated rings. The van der Waals surface area contributed by atoms with Gasteiger partial charge < -0.3 is 9.47 Å². The zero-order valence-corrected chi connectivity index (χ0v) is 17.8. The van der Waals surface area contributed by atoms with Crippen molar-refractivity contribution >= 4 is 23.3 Å². The highest BCUT2D eigenvalue weighted by atomic mass is 16.2. The summed E-state index contributed by atoms with van der Waals surface area (Å²) in [5.41, 5.74) is 4.75. The van der Waals surface area contributed by atoms with Crippen molar-refractivity contribution < 1.29 is 9.59 Å². The third kappa shape index (κ3) is 3.68. The predicted octanol–water partition coefficient (Wildman–Crippen LogP) is 1.93. The van der Waals surface area contributed by atoms with Gasteiger partial charge in [0, 0.05) is 19.5 Å². The number of carbonyl (C=O) groups is 2. The molecule has 31 heavy (non-hydrogen) atoms. The molecule has 1 N–H and O–H groups in total. The van der Waals surface area contributed by atoms with Crippen LogP contribution in [0.25, 0.3) is 0 Å². The standard InChI is InChI=1S/C22H27N7O2/c1-15-8-10-16(11-9-15)29-19(30)14-23-20(26-29)22(31)27-13-5-6-17(27)21-25-24-18-7-3-2-4-12-28(18)21/h8-11,17H,2-7,12-14H2,1H3,(H,23,26). The van der Waals surface area contributed by atoms with Crippen molar-refractivity contribution in [3.05, 3.63) is 41.5 Å². The molecule has 4 heterocycles. The summed E-state index contributed by atoms with van der Waals surface area (Å²) in [7, 11) is 0. The zero-order chi connectivity index (χ0) is 21.4. The van der Waals surface area contributed by atoms with Gasteiger partial charge >= 0.3 is 0 Å².